The van der Waals surface area contributed by atoms with E-state index in [2.05, 4.69) is 10.3 Å². The number of hydrogen-bond acceptors (Lipinski definition) is 4. The molecule has 1 amide bonds. The first-order chi connectivity index (χ1) is 11.1. The molecular formula is C17H18N2O3S. The van der Waals surface area contributed by atoms with E-state index in [9.17, 15) is 13.2 Å². The van der Waals surface area contributed by atoms with Gasteiger partial charge in [-0.25, -0.2) is 8.42 Å². The highest BCUT2D eigenvalue weighted by Gasteiger charge is 2.33. The Kier molecular flexibility index (Phi) is 4.43. The van der Waals surface area contributed by atoms with Gasteiger partial charge in [0.25, 0.3) is 0 Å². The number of aromatic nitrogens is 1. The molecule has 23 heavy (non-hydrogen) atoms. The molecule has 1 aromatic carbocycles. The average molecular weight is 330 g/mol. The number of nitrogens with zero attached hydrogens (tertiary/aromatic N) is 1. The lowest BCUT2D eigenvalue weighted by molar-refractivity contribution is -0.122. The smallest absolute Gasteiger partial charge is 0.223 e. The van der Waals surface area contributed by atoms with E-state index in [1.807, 2.05) is 0 Å². The molecule has 120 valence electrons. The van der Waals surface area contributed by atoms with Crippen molar-refractivity contribution in [2.45, 2.75) is 23.0 Å². The molecule has 0 spiro atoms. The molecule has 1 unspecified atom stereocenters. The van der Waals surface area contributed by atoms with Gasteiger partial charge in [0, 0.05) is 24.9 Å². The van der Waals surface area contributed by atoms with Crippen molar-refractivity contribution in [2.75, 3.05) is 6.54 Å². The van der Waals surface area contributed by atoms with E-state index in [0.717, 1.165) is 12.8 Å². The Morgan fingerprint density at radius 3 is 2.52 bits per heavy atom. The van der Waals surface area contributed by atoms with Crippen LogP contribution in [-0.2, 0) is 14.6 Å². The lowest BCUT2D eigenvalue weighted by Gasteiger charge is -2.18. The predicted molar refractivity (Wildman–Crippen MR) is 86.3 cm³/mol. The summed E-state index contributed by atoms with van der Waals surface area (Å²) in [5.41, 5.74) is 0.576. The maximum Gasteiger partial charge on any atom is 0.223 e. The third-order valence-corrected chi connectivity index (χ3v) is 6.03. The van der Waals surface area contributed by atoms with Crippen LogP contribution in [0.25, 0.3) is 0 Å². The van der Waals surface area contributed by atoms with Crippen molar-refractivity contribution < 1.29 is 13.2 Å². The number of benzene rings is 1. The molecule has 0 radical (unpaired) electrons. The van der Waals surface area contributed by atoms with Crippen LogP contribution >= 0.6 is 0 Å². The van der Waals surface area contributed by atoms with Crippen LogP contribution in [-0.4, -0.2) is 25.9 Å². The fourth-order valence-electron chi connectivity index (χ4n) is 2.43. The molecule has 1 aliphatic rings. The second-order valence-corrected chi connectivity index (χ2v) is 7.78. The first-order valence-electron chi connectivity index (χ1n) is 7.55. The molecule has 6 heteroatoms. The second-order valence-electron chi connectivity index (χ2n) is 5.65. The van der Waals surface area contributed by atoms with Crippen molar-refractivity contribution in [1.29, 1.82) is 0 Å². The van der Waals surface area contributed by atoms with Gasteiger partial charge < -0.3 is 5.32 Å². The van der Waals surface area contributed by atoms with Gasteiger partial charge in [-0.05, 0) is 36.6 Å². The summed E-state index contributed by atoms with van der Waals surface area (Å²) in [6, 6.07) is 11.7. The molecule has 5 nitrogen and oxygen atoms in total. The van der Waals surface area contributed by atoms with Crippen molar-refractivity contribution >= 4 is 15.7 Å². The van der Waals surface area contributed by atoms with E-state index in [1.165, 1.54) is 6.20 Å². The molecule has 1 aromatic heterocycles. The number of amides is 1. The van der Waals surface area contributed by atoms with Gasteiger partial charge in [-0.2, -0.15) is 0 Å². The van der Waals surface area contributed by atoms with Gasteiger partial charge in [-0.15, -0.1) is 0 Å². The number of carbonyl (C=O) groups is 1. The zero-order valence-electron chi connectivity index (χ0n) is 12.6. The molecule has 0 saturated heterocycles. The lowest BCUT2D eigenvalue weighted by atomic mass is 10.2. The van der Waals surface area contributed by atoms with Gasteiger partial charge in [-0.1, -0.05) is 24.3 Å². The minimum atomic E-state index is -3.61. The van der Waals surface area contributed by atoms with Gasteiger partial charge in [0.1, 0.15) is 5.25 Å². The molecule has 1 saturated carbocycles. The SMILES string of the molecule is O=C(NCC(c1cccnc1)S(=O)(=O)c1ccccc1)C1CC1. The molecule has 1 N–H and O–H groups in total. The monoisotopic (exact) mass is 330 g/mol. The summed E-state index contributed by atoms with van der Waals surface area (Å²) in [5, 5.41) is 1.93. The second kappa shape index (κ2) is 6.50. The molecule has 0 aliphatic heterocycles. The summed E-state index contributed by atoms with van der Waals surface area (Å²) in [6.45, 7) is 0.0538. The first-order valence-corrected chi connectivity index (χ1v) is 9.10. The van der Waals surface area contributed by atoms with E-state index in [-0.39, 0.29) is 23.3 Å². The zero-order valence-corrected chi connectivity index (χ0v) is 13.4. The Bertz CT molecular complexity index is 772. The molecular weight excluding hydrogens is 312 g/mol. The van der Waals surface area contributed by atoms with Crippen LogP contribution in [0.15, 0.2) is 59.8 Å². The maximum atomic E-state index is 13.0. The number of pyridine rings is 1. The Hall–Kier alpha value is -2.21. The van der Waals surface area contributed by atoms with Crippen LogP contribution < -0.4 is 5.32 Å². The third kappa shape index (κ3) is 3.59. The fourth-order valence-corrected chi connectivity index (χ4v) is 4.10. The lowest BCUT2D eigenvalue weighted by Crippen LogP contribution is -2.32. The quantitative estimate of drug-likeness (QED) is 0.880. The van der Waals surface area contributed by atoms with Crippen LogP contribution in [0.4, 0.5) is 0 Å². The minimum Gasteiger partial charge on any atom is -0.354 e. The van der Waals surface area contributed by atoms with Gasteiger partial charge >= 0.3 is 0 Å². The number of rotatable bonds is 6. The molecule has 1 fully saturated rings. The largest absolute Gasteiger partial charge is 0.354 e. The molecule has 1 aliphatic carbocycles. The highest BCUT2D eigenvalue weighted by molar-refractivity contribution is 7.91. The summed E-state index contributed by atoms with van der Waals surface area (Å²) in [6.07, 6.45) is 4.90. The summed E-state index contributed by atoms with van der Waals surface area (Å²) in [4.78, 5) is 16.1. The van der Waals surface area contributed by atoms with E-state index in [0.29, 0.717) is 5.56 Å². The van der Waals surface area contributed by atoms with Gasteiger partial charge in [0.2, 0.25) is 5.91 Å². The minimum absolute atomic E-state index is 0.0453. The standard InChI is InChI=1S/C17H18N2O3S/c20-17(13-8-9-13)19-12-16(14-5-4-10-18-11-14)23(21,22)15-6-2-1-3-7-15/h1-7,10-11,13,16H,8-9,12H2,(H,19,20). The Morgan fingerprint density at radius 2 is 1.91 bits per heavy atom. The van der Waals surface area contributed by atoms with E-state index >= 15 is 0 Å². The maximum absolute atomic E-state index is 13.0. The van der Waals surface area contributed by atoms with Gasteiger partial charge in [-0.3, -0.25) is 9.78 Å². The van der Waals surface area contributed by atoms with Crippen molar-refractivity contribution in [2.24, 2.45) is 5.92 Å². The summed E-state index contributed by atoms with van der Waals surface area (Å²) in [5.74, 6) is -0.0221. The van der Waals surface area contributed by atoms with Crippen molar-refractivity contribution in [3.63, 3.8) is 0 Å². The zero-order chi connectivity index (χ0) is 16.3. The van der Waals surface area contributed by atoms with E-state index in [4.69, 9.17) is 0 Å². The van der Waals surface area contributed by atoms with Crippen molar-refractivity contribution in [3.8, 4) is 0 Å². The Morgan fingerprint density at radius 1 is 1.17 bits per heavy atom. The predicted octanol–water partition coefficient (Wildman–Crippen LogP) is 2.12. The highest BCUT2D eigenvalue weighted by Crippen LogP contribution is 2.31. The third-order valence-electron chi connectivity index (χ3n) is 3.91. The Labute approximate surface area is 135 Å². The van der Waals surface area contributed by atoms with Crippen LogP contribution in [0.5, 0.6) is 0 Å². The summed E-state index contributed by atoms with van der Waals surface area (Å²) in [7, 11) is -3.61. The van der Waals surface area contributed by atoms with E-state index in [1.54, 1.807) is 48.7 Å². The fraction of sp³-hybridized carbons (Fsp3) is 0.294. The normalized spacial score (nSPS) is 15.8. The summed E-state index contributed by atoms with van der Waals surface area (Å²) < 4.78 is 25.9. The molecule has 2 aromatic rings. The average Bonchev–Trinajstić information content (AvgIpc) is 3.41. The topological polar surface area (TPSA) is 76.1 Å². The Balaban J connectivity index is 1.89. The summed E-state index contributed by atoms with van der Waals surface area (Å²) >= 11 is 0. The first kappa shape index (κ1) is 15.7. The van der Waals surface area contributed by atoms with Crippen LogP contribution in [0.1, 0.15) is 23.7 Å². The number of sulfone groups is 1. The van der Waals surface area contributed by atoms with Gasteiger partial charge in [0.15, 0.2) is 9.84 Å². The molecule has 1 atom stereocenters. The van der Waals surface area contributed by atoms with Gasteiger partial charge in [0.05, 0.1) is 4.90 Å². The van der Waals surface area contributed by atoms with Crippen LogP contribution in [0.3, 0.4) is 0 Å². The molecule has 1 heterocycles. The number of carbonyl (C=O) groups excluding carboxylic acids is 1. The highest BCUT2D eigenvalue weighted by atomic mass is 32.2. The van der Waals surface area contributed by atoms with Crippen molar-refractivity contribution in [3.05, 3.63) is 60.4 Å². The van der Waals surface area contributed by atoms with Crippen molar-refractivity contribution in [1.82, 2.24) is 10.3 Å². The van der Waals surface area contributed by atoms with Crippen LogP contribution in [0, 0.1) is 5.92 Å². The molecule has 0 bridgehead atoms. The number of nitrogens with one attached hydrogen (secondary N) is 1. The van der Waals surface area contributed by atoms with Crippen LogP contribution in [0.2, 0.25) is 0 Å². The van der Waals surface area contributed by atoms with E-state index < -0.39 is 15.1 Å². The molecule has 3 rings (SSSR count). The number of hydrogen-bond donors (Lipinski definition) is 1.